The number of amides is 1. The summed E-state index contributed by atoms with van der Waals surface area (Å²) in [5, 5.41) is 22.4. The van der Waals surface area contributed by atoms with Crippen LogP contribution in [-0.2, 0) is 4.79 Å². The number of nitrogens with one attached hydrogen (secondary N) is 1. The third-order valence-corrected chi connectivity index (χ3v) is 3.78. The van der Waals surface area contributed by atoms with Crippen molar-refractivity contribution in [2.45, 2.75) is 31.3 Å². The monoisotopic (exact) mass is 346 g/mol. The van der Waals surface area contributed by atoms with Gasteiger partial charge >= 0.3 is 0 Å². The van der Waals surface area contributed by atoms with Crippen LogP contribution in [0, 0.1) is 10.1 Å². The van der Waals surface area contributed by atoms with Gasteiger partial charge in [0.15, 0.2) is 0 Å². The van der Waals surface area contributed by atoms with Gasteiger partial charge < -0.3 is 5.32 Å². The topological polar surface area (TPSA) is 98.0 Å². The van der Waals surface area contributed by atoms with Gasteiger partial charge in [-0.1, -0.05) is 23.9 Å². The zero-order valence-electron chi connectivity index (χ0n) is 13.6. The Hall–Kier alpha value is -2.48. The fourth-order valence-electron chi connectivity index (χ4n) is 1.92. The second-order valence-corrected chi connectivity index (χ2v) is 7.15. The molecule has 1 N–H and O–H groups in total. The molecule has 24 heavy (non-hydrogen) atoms. The standard InChI is InChI=1S/C16H18N4O3S/c1-16(2,3)17-14(21)10-24-15-8-7-13(18-19-15)11-5-4-6-12(9-11)20(22)23/h4-9H,10H2,1-3H3,(H,17,21). The summed E-state index contributed by atoms with van der Waals surface area (Å²) in [6.07, 6.45) is 0. The van der Waals surface area contributed by atoms with Crippen LogP contribution in [0.1, 0.15) is 20.8 Å². The van der Waals surface area contributed by atoms with Crippen molar-refractivity contribution in [3.05, 3.63) is 46.5 Å². The van der Waals surface area contributed by atoms with Crippen molar-refractivity contribution < 1.29 is 9.72 Å². The van der Waals surface area contributed by atoms with E-state index in [4.69, 9.17) is 0 Å². The van der Waals surface area contributed by atoms with Gasteiger partial charge in [0.1, 0.15) is 5.03 Å². The van der Waals surface area contributed by atoms with Gasteiger partial charge in [0.2, 0.25) is 5.91 Å². The van der Waals surface area contributed by atoms with Crippen LogP contribution in [0.5, 0.6) is 0 Å². The first-order valence-electron chi connectivity index (χ1n) is 7.27. The predicted octanol–water partition coefficient (Wildman–Crippen LogP) is 3.06. The summed E-state index contributed by atoms with van der Waals surface area (Å²) in [7, 11) is 0. The minimum Gasteiger partial charge on any atom is -0.351 e. The summed E-state index contributed by atoms with van der Waals surface area (Å²) in [4.78, 5) is 22.1. The van der Waals surface area contributed by atoms with Crippen LogP contribution in [0.3, 0.4) is 0 Å². The molecule has 1 aromatic carbocycles. The zero-order valence-corrected chi connectivity index (χ0v) is 14.5. The Bertz CT molecular complexity index is 742. The summed E-state index contributed by atoms with van der Waals surface area (Å²) in [6.45, 7) is 5.76. The molecule has 0 fully saturated rings. The molecule has 0 saturated heterocycles. The highest BCUT2D eigenvalue weighted by Gasteiger charge is 2.14. The van der Waals surface area contributed by atoms with Crippen molar-refractivity contribution in [1.29, 1.82) is 0 Å². The molecule has 0 aliphatic carbocycles. The van der Waals surface area contributed by atoms with Gasteiger partial charge in [0.25, 0.3) is 5.69 Å². The van der Waals surface area contributed by atoms with Crippen LogP contribution < -0.4 is 5.32 Å². The molecule has 0 unspecified atom stereocenters. The van der Waals surface area contributed by atoms with Crippen molar-refractivity contribution >= 4 is 23.4 Å². The minimum atomic E-state index is -0.449. The van der Waals surface area contributed by atoms with E-state index in [1.54, 1.807) is 24.3 Å². The van der Waals surface area contributed by atoms with E-state index in [1.165, 1.54) is 23.9 Å². The molecular weight excluding hydrogens is 328 g/mol. The summed E-state index contributed by atoms with van der Waals surface area (Å²) in [5.41, 5.74) is 0.905. The second-order valence-electron chi connectivity index (χ2n) is 6.15. The van der Waals surface area contributed by atoms with Crippen LogP contribution in [-0.4, -0.2) is 32.3 Å². The van der Waals surface area contributed by atoms with E-state index in [9.17, 15) is 14.9 Å². The summed E-state index contributed by atoms with van der Waals surface area (Å²) in [5.74, 6) is 0.180. The molecule has 2 rings (SSSR count). The number of non-ortho nitro benzene ring substituents is 1. The van der Waals surface area contributed by atoms with Gasteiger partial charge in [-0.15, -0.1) is 10.2 Å². The van der Waals surface area contributed by atoms with Crippen molar-refractivity contribution in [2.75, 3.05) is 5.75 Å². The molecule has 0 saturated carbocycles. The molecule has 1 aromatic heterocycles. The quantitative estimate of drug-likeness (QED) is 0.507. The number of thioether (sulfide) groups is 1. The summed E-state index contributed by atoms with van der Waals surface area (Å²) >= 11 is 1.29. The first-order valence-corrected chi connectivity index (χ1v) is 8.25. The number of benzene rings is 1. The predicted molar refractivity (Wildman–Crippen MR) is 92.7 cm³/mol. The Morgan fingerprint density at radius 2 is 2.00 bits per heavy atom. The van der Waals surface area contributed by atoms with Gasteiger partial charge in [-0.3, -0.25) is 14.9 Å². The maximum absolute atomic E-state index is 11.8. The van der Waals surface area contributed by atoms with Gasteiger partial charge in [0.05, 0.1) is 16.4 Å². The van der Waals surface area contributed by atoms with Crippen LogP contribution in [0.15, 0.2) is 41.4 Å². The second kappa shape index (κ2) is 7.39. The van der Waals surface area contributed by atoms with E-state index in [0.29, 0.717) is 16.3 Å². The summed E-state index contributed by atoms with van der Waals surface area (Å²) in [6, 6.07) is 9.70. The molecule has 0 spiro atoms. The molecule has 0 aliphatic rings. The van der Waals surface area contributed by atoms with E-state index in [2.05, 4.69) is 15.5 Å². The zero-order chi connectivity index (χ0) is 17.7. The number of hydrogen-bond acceptors (Lipinski definition) is 6. The maximum Gasteiger partial charge on any atom is 0.270 e. The Morgan fingerprint density at radius 3 is 2.58 bits per heavy atom. The highest BCUT2D eigenvalue weighted by Crippen LogP contribution is 2.23. The van der Waals surface area contributed by atoms with Crippen molar-refractivity contribution in [2.24, 2.45) is 0 Å². The lowest BCUT2D eigenvalue weighted by Crippen LogP contribution is -2.41. The highest BCUT2D eigenvalue weighted by molar-refractivity contribution is 7.99. The molecule has 126 valence electrons. The van der Waals surface area contributed by atoms with E-state index in [1.807, 2.05) is 20.8 Å². The summed E-state index contributed by atoms with van der Waals surface area (Å²) < 4.78 is 0. The number of aromatic nitrogens is 2. The van der Waals surface area contributed by atoms with Crippen molar-refractivity contribution in [1.82, 2.24) is 15.5 Å². The van der Waals surface area contributed by atoms with Crippen LogP contribution in [0.4, 0.5) is 5.69 Å². The normalized spacial score (nSPS) is 11.1. The molecule has 0 aliphatic heterocycles. The number of hydrogen-bond donors (Lipinski definition) is 1. The molecule has 7 nitrogen and oxygen atoms in total. The van der Waals surface area contributed by atoms with Crippen LogP contribution in [0.25, 0.3) is 11.3 Å². The van der Waals surface area contributed by atoms with Crippen molar-refractivity contribution in [3.8, 4) is 11.3 Å². The lowest BCUT2D eigenvalue weighted by molar-refractivity contribution is -0.384. The largest absolute Gasteiger partial charge is 0.351 e. The molecule has 0 atom stereocenters. The first kappa shape index (κ1) is 17.9. The Labute approximate surface area is 144 Å². The number of nitro benzene ring substituents is 1. The van der Waals surface area contributed by atoms with Gasteiger partial charge in [-0.2, -0.15) is 0 Å². The van der Waals surface area contributed by atoms with Crippen LogP contribution >= 0.6 is 11.8 Å². The molecular formula is C16H18N4O3S. The number of rotatable bonds is 5. The average molecular weight is 346 g/mol. The molecule has 1 heterocycles. The Morgan fingerprint density at radius 1 is 1.25 bits per heavy atom. The number of nitrogens with zero attached hydrogens (tertiary/aromatic N) is 3. The lowest BCUT2D eigenvalue weighted by atomic mass is 10.1. The van der Waals surface area contributed by atoms with Crippen molar-refractivity contribution in [3.63, 3.8) is 0 Å². The van der Waals surface area contributed by atoms with Gasteiger partial charge in [0, 0.05) is 23.2 Å². The molecule has 0 radical (unpaired) electrons. The van der Waals surface area contributed by atoms with E-state index >= 15 is 0 Å². The van der Waals surface area contributed by atoms with E-state index in [0.717, 1.165) is 0 Å². The smallest absolute Gasteiger partial charge is 0.270 e. The third-order valence-electron chi connectivity index (χ3n) is 2.86. The SMILES string of the molecule is CC(C)(C)NC(=O)CSc1ccc(-c2cccc([N+](=O)[O-])c2)nn1. The third kappa shape index (κ3) is 5.31. The molecule has 8 heteroatoms. The maximum atomic E-state index is 11.8. The van der Waals surface area contributed by atoms with Gasteiger partial charge in [-0.25, -0.2) is 0 Å². The molecule has 0 bridgehead atoms. The van der Waals surface area contributed by atoms with Crippen LogP contribution in [0.2, 0.25) is 0 Å². The van der Waals surface area contributed by atoms with E-state index in [-0.39, 0.29) is 22.9 Å². The Balaban J connectivity index is 2.02. The molecule has 1 amide bonds. The first-order chi connectivity index (χ1) is 11.2. The van der Waals surface area contributed by atoms with Gasteiger partial charge in [-0.05, 0) is 32.9 Å². The lowest BCUT2D eigenvalue weighted by Gasteiger charge is -2.20. The number of carbonyl (C=O) groups excluding carboxylic acids is 1. The fraction of sp³-hybridized carbons (Fsp3) is 0.312. The Kier molecular flexibility index (Phi) is 5.50. The average Bonchev–Trinajstić information content (AvgIpc) is 2.52. The number of carbonyl (C=O) groups is 1. The van der Waals surface area contributed by atoms with E-state index < -0.39 is 4.92 Å². The number of nitro groups is 1. The highest BCUT2D eigenvalue weighted by atomic mass is 32.2. The fourth-order valence-corrected chi connectivity index (χ4v) is 2.54. The minimum absolute atomic E-state index is 0.00611. The molecule has 2 aromatic rings.